The highest BCUT2D eigenvalue weighted by Gasteiger charge is 2.27. The summed E-state index contributed by atoms with van der Waals surface area (Å²) in [5.41, 5.74) is 1.65. The Morgan fingerprint density at radius 1 is 1.15 bits per heavy atom. The van der Waals surface area contributed by atoms with Gasteiger partial charge in [0.05, 0.1) is 13.2 Å². The molecule has 20 heavy (non-hydrogen) atoms. The van der Waals surface area contributed by atoms with E-state index in [9.17, 15) is 0 Å². The molecule has 0 saturated carbocycles. The van der Waals surface area contributed by atoms with Crippen molar-refractivity contribution in [3.05, 3.63) is 35.9 Å². The number of aryl methyl sites for hydroxylation is 1. The van der Waals surface area contributed by atoms with E-state index in [0.717, 1.165) is 45.8 Å². The first-order valence-electron chi connectivity index (χ1n) is 7.76. The third-order valence-corrected chi connectivity index (χ3v) is 4.09. The van der Waals surface area contributed by atoms with E-state index >= 15 is 0 Å². The zero-order valence-corrected chi connectivity index (χ0v) is 12.9. The average molecular weight is 276 g/mol. The predicted octanol–water partition coefficient (Wildman–Crippen LogP) is 2.32. The van der Waals surface area contributed by atoms with Crippen LogP contribution in [0.5, 0.6) is 0 Å². The van der Waals surface area contributed by atoms with E-state index in [0.29, 0.717) is 0 Å². The molecule has 0 bridgehead atoms. The van der Waals surface area contributed by atoms with Crippen molar-refractivity contribution >= 4 is 0 Å². The smallest absolute Gasteiger partial charge is 0.0594 e. The van der Waals surface area contributed by atoms with Crippen LogP contribution >= 0.6 is 0 Å². The first-order chi connectivity index (χ1) is 9.68. The van der Waals surface area contributed by atoms with Crippen LogP contribution in [0.25, 0.3) is 0 Å². The van der Waals surface area contributed by atoms with Gasteiger partial charge in [-0.2, -0.15) is 0 Å². The van der Waals surface area contributed by atoms with Crippen LogP contribution in [0, 0.1) is 0 Å². The maximum atomic E-state index is 5.42. The predicted molar refractivity (Wildman–Crippen MR) is 84.1 cm³/mol. The number of benzene rings is 1. The molecule has 1 aromatic rings. The van der Waals surface area contributed by atoms with E-state index in [1.165, 1.54) is 12.0 Å². The zero-order valence-electron chi connectivity index (χ0n) is 12.9. The van der Waals surface area contributed by atoms with Crippen molar-refractivity contribution in [1.29, 1.82) is 0 Å². The van der Waals surface area contributed by atoms with Gasteiger partial charge in [-0.1, -0.05) is 30.3 Å². The number of nitrogens with zero attached hydrogens (tertiary/aromatic N) is 1. The third-order valence-electron chi connectivity index (χ3n) is 4.09. The van der Waals surface area contributed by atoms with Gasteiger partial charge >= 0.3 is 0 Å². The molecule has 0 atom stereocenters. The first-order valence-corrected chi connectivity index (χ1v) is 7.76. The van der Waals surface area contributed by atoms with Gasteiger partial charge in [-0.15, -0.1) is 0 Å². The van der Waals surface area contributed by atoms with Gasteiger partial charge in [0.25, 0.3) is 0 Å². The minimum absolute atomic E-state index is 0.219. The van der Waals surface area contributed by atoms with Gasteiger partial charge in [-0.05, 0) is 38.8 Å². The largest absolute Gasteiger partial charge is 0.379 e. The lowest BCUT2D eigenvalue weighted by atomic mass is 10.0. The number of rotatable bonds is 7. The van der Waals surface area contributed by atoms with Crippen LogP contribution in [0.4, 0.5) is 0 Å². The molecule has 0 unspecified atom stereocenters. The van der Waals surface area contributed by atoms with E-state index in [2.05, 4.69) is 54.4 Å². The molecule has 0 aliphatic carbocycles. The fraction of sp³-hybridized carbons (Fsp3) is 0.647. The van der Waals surface area contributed by atoms with Crippen molar-refractivity contribution in [2.45, 2.75) is 32.2 Å². The molecule has 1 aliphatic heterocycles. The molecule has 0 aromatic heterocycles. The molecule has 1 N–H and O–H groups in total. The molecule has 0 radical (unpaired) electrons. The Hall–Kier alpha value is -0.900. The van der Waals surface area contributed by atoms with Gasteiger partial charge in [0.2, 0.25) is 0 Å². The van der Waals surface area contributed by atoms with Crippen molar-refractivity contribution in [2.24, 2.45) is 0 Å². The molecule has 1 aromatic carbocycles. The average Bonchev–Trinajstić information content (AvgIpc) is 2.49. The Morgan fingerprint density at radius 3 is 2.55 bits per heavy atom. The van der Waals surface area contributed by atoms with Gasteiger partial charge < -0.3 is 10.1 Å². The summed E-state index contributed by atoms with van der Waals surface area (Å²) in [5, 5.41) is 3.61. The highest BCUT2D eigenvalue weighted by molar-refractivity contribution is 5.14. The van der Waals surface area contributed by atoms with E-state index in [1.54, 1.807) is 0 Å². The molecular weight excluding hydrogens is 248 g/mol. The van der Waals surface area contributed by atoms with Crippen molar-refractivity contribution in [3.8, 4) is 0 Å². The Bertz CT molecular complexity index is 372. The van der Waals surface area contributed by atoms with Crippen LogP contribution in [0.3, 0.4) is 0 Å². The summed E-state index contributed by atoms with van der Waals surface area (Å²) >= 11 is 0. The summed E-state index contributed by atoms with van der Waals surface area (Å²) < 4.78 is 5.42. The van der Waals surface area contributed by atoms with E-state index < -0.39 is 0 Å². The number of nitrogens with one attached hydrogen (secondary N) is 1. The summed E-state index contributed by atoms with van der Waals surface area (Å²) in [6, 6.07) is 10.7. The summed E-state index contributed by atoms with van der Waals surface area (Å²) in [5.74, 6) is 0. The second kappa shape index (κ2) is 7.77. The van der Waals surface area contributed by atoms with Crippen LogP contribution in [-0.4, -0.2) is 49.8 Å². The SMILES string of the molecule is CC(C)(CNCCCc1ccccc1)N1CCOCC1. The molecule has 1 fully saturated rings. The summed E-state index contributed by atoms with van der Waals surface area (Å²) in [7, 11) is 0. The summed E-state index contributed by atoms with van der Waals surface area (Å²) in [6.07, 6.45) is 2.36. The van der Waals surface area contributed by atoms with Crippen LogP contribution < -0.4 is 5.32 Å². The highest BCUT2D eigenvalue weighted by Crippen LogP contribution is 2.15. The molecule has 3 nitrogen and oxygen atoms in total. The van der Waals surface area contributed by atoms with E-state index in [4.69, 9.17) is 4.74 Å². The standard InChI is InChI=1S/C17H28N2O/c1-17(2,19-11-13-20-14-12-19)15-18-10-6-9-16-7-4-3-5-8-16/h3-5,7-8,18H,6,9-15H2,1-2H3. The lowest BCUT2D eigenvalue weighted by Gasteiger charge is -2.41. The van der Waals surface area contributed by atoms with Crippen LogP contribution in [0.2, 0.25) is 0 Å². The summed E-state index contributed by atoms with van der Waals surface area (Å²) in [6.45, 7) is 10.6. The quantitative estimate of drug-likeness (QED) is 0.774. The number of hydrogen-bond acceptors (Lipinski definition) is 3. The molecule has 0 spiro atoms. The molecule has 1 aliphatic rings. The Morgan fingerprint density at radius 2 is 1.85 bits per heavy atom. The molecule has 3 heteroatoms. The van der Waals surface area contributed by atoms with Gasteiger partial charge in [-0.25, -0.2) is 0 Å². The van der Waals surface area contributed by atoms with Gasteiger partial charge in [0.1, 0.15) is 0 Å². The molecule has 112 valence electrons. The van der Waals surface area contributed by atoms with Gasteiger partial charge in [-0.3, -0.25) is 4.90 Å². The lowest BCUT2D eigenvalue weighted by Crippen LogP contribution is -2.54. The second-order valence-electron chi connectivity index (χ2n) is 6.18. The van der Waals surface area contributed by atoms with Crippen LogP contribution in [0.15, 0.2) is 30.3 Å². The fourth-order valence-electron chi connectivity index (χ4n) is 2.74. The Kier molecular flexibility index (Phi) is 6.02. The van der Waals surface area contributed by atoms with Crippen molar-refractivity contribution in [3.63, 3.8) is 0 Å². The first kappa shape index (κ1) is 15.5. The molecule has 2 rings (SSSR count). The molecular formula is C17H28N2O. The third kappa shape index (κ3) is 4.89. The van der Waals surface area contributed by atoms with Crippen LogP contribution in [-0.2, 0) is 11.2 Å². The Balaban J connectivity index is 1.62. The molecule has 0 amide bonds. The van der Waals surface area contributed by atoms with E-state index in [1.807, 2.05) is 0 Å². The fourth-order valence-corrected chi connectivity index (χ4v) is 2.74. The lowest BCUT2D eigenvalue weighted by molar-refractivity contribution is -0.00952. The topological polar surface area (TPSA) is 24.5 Å². The van der Waals surface area contributed by atoms with Gasteiger partial charge in [0.15, 0.2) is 0 Å². The number of ether oxygens (including phenoxy) is 1. The minimum Gasteiger partial charge on any atom is -0.379 e. The maximum absolute atomic E-state index is 5.42. The highest BCUT2D eigenvalue weighted by atomic mass is 16.5. The van der Waals surface area contributed by atoms with Crippen molar-refractivity contribution < 1.29 is 4.74 Å². The molecule has 1 heterocycles. The molecule has 1 saturated heterocycles. The van der Waals surface area contributed by atoms with Crippen LogP contribution in [0.1, 0.15) is 25.8 Å². The monoisotopic (exact) mass is 276 g/mol. The zero-order chi connectivity index (χ0) is 14.3. The minimum atomic E-state index is 0.219. The second-order valence-corrected chi connectivity index (χ2v) is 6.18. The normalized spacial score (nSPS) is 17.3. The van der Waals surface area contributed by atoms with Crippen molar-refractivity contribution in [2.75, 3.05) is 39.4 Å². The number of hydrogen-bond donors (Lipinski definition) is 1. The van der Waals surface area contributed by atoms with Crippen molar-refractivity contribution in [1.82, 2.24) is 10.2 Å². The number of morpholine rings is 1. The van der Waals surface area contributed by atoms with E-state index in [-0.39, 0.29) is 5.54 Å². The maximum Gasteiger partial charge on any atom is 0.0594 e. The summed E-state index contributed by atoms with van der Waals surface area (Å²) in [4.78, 5) is 2.53. The Labute approximate surface area is 123 Å². The van der Waals surface area contributed by atoms with Gasteiger partial charge in [0, 0.05) is 25.2 Å².